The Bertz CT molecular complexity index is 730. The number of para-hydroxylation sites is 1. The maximum Gasteiger partial charge on any atom is 0.247 e. The average molecular weight is 253 g/mol. The Balaban J connectivity index is 2.07. The lowest BCUT2D eigenvalue weighted by Crippen LogP contribution is -2.01. The topological polar surface area (TPSA) is 68.2 Å². The fourth-order valence-electron chi connectivity index (χ4n) is 2.01. The van der Waals surface area contributed by atoms with Crippen molar-refractivity contribution < 1.29 is 0 Å². The van der Waals surface area contributed by atoms with Crippen molar-refractivity contribution in [1.82, 2.24) is 14.6 Å². The van der Waals surface area contributed by atoms with Crippen LogP contribution in [0.25, 0.3) is 5.65 Å². The minimum Gasteiger partial charge on any atom is -0.384 e. The molecule has 2 heterocycles. The molecule has 3 N–H and O–H groups in total. The maximum atomic E-state index is 5.97. The van der Waals surface area contributed by atoms with Crippen molar-refractivity contribution in [2.75, 3.05) is 11.1 Å². The molecular formula is C14H15N5. The predicted molar refractivity (Wildman–Crippen MR) is 76.6 cm³/mol. The lowest BCUT2D eigenvalue weighted by atomic mass is 10.2. The van der Waals surface area contributed by atoms with Gasteiger partial charge in [-0.1, -0.05) is 18.2 Å². The highest BCUT2D eigenvalue weighted by molar-refractivity contribution is 5.61. The molecule has 1 aromatic carbocycles. The van der Waals surface area contributed by atoms with Crippen molar-refractivity contribution in [3.05, 3.63) is 47.5 Å². The van der Waals surface area contributed by atoms with Crippen molar-refractivity contribution in [3.8, 4) is 0 Å². The molecule has 19 heavy (non-hydrogen) atoms. The molecule has 96 valence electrons. The van der Waals surface area contributed by atoms with Crippen molar-refractivity contribution in [2.45, 2.75) is 13.8 Å². The first-order chi connectivity index (χ1) is 9.15. The summed E-state index contributed by atoms with van der Waals surface area (Å²) >= 11 is 0. The molecule has 0 radical (unpaired) electrons. The van der Waals surface area contributed by atoms with E-state index in [1.54, 1.807) is 4.52 Å². The Hall–Kier alpha value is -2.56. The average Bonchev–Trinajstić information content (AvgIpc) is 2.82. The molecule has 0 saturated heterocycles. The molecule has 0 aliphatic rings. The summed E-state index contributed by atoms with van der Waals surface area (Å²) in [5.74, 6) is 1.14. The first-order valence-corrected chi connectivity index (χ1v) is 6.09. The normalized spacial score (nSPS) is 10.8. The summed E-state index contributed by atoms with van der Waals surface area (Å²) in [7, 11) is 0. The molecule has 5 nitrogen and oxygen atoms in total. The largest absolute Gasteiger partial charge is 0.384 e. The molecule has 5 heteroatoms. The molecule has 0 unspecified atom stereocenters. The van der Waals surface area contributed by atoms with Gasteiger partial charge >= 0.3 is 0 Å². The lowest BCUT2D eigenvalue weighted by molar-refractivity contribution is 0.968. The monoisotopic (exact) mass is 253 g/mol. The van der Waals surface area contributed by atoms with E-state index in [0.29, 0.717) is 11.8 Å². The van der Waals surface area contributed by atoms with E-state index in [1.165, 1.54) is 0 Å². The third kappa shape index (κ3) is 1.99. The molecule has 0 saturated carbocycles. The molecule has 3 rings (SSSR count). The zero-order chi connectivity index (χ0) is 13.4. The number of nitrogen functional groups attached to an aromatic ring is 1. The van der Waals surface area contributed by atoms with Gasteiger partial charge in [0.25, 0.3) is 0 Å². The number of anilines is 3. The van der Waals surface area contributed by atoms with Gasteiger partial charge in [-0.3, -0.25) is 0 Å². The van der Waals surface area contributed by atoms with Crippen LogP contribution < -0.4 is 11.1 Å². The Labute approximate surface area is 111 Å². The van der Waals surface area contributed by atoms with Crippen LogP contribution in [0.1, 0.15) is 11.1 Å². The van der Waals surface area contributed by atoms with Crippen LogP contribution in [0, 0.1) is 13.8 Å². The van der Waals surface area contributed by atoms with Gasteiger partial charge in [0, 0.05) is 5.69 Å². The van der Waals surface area contributed by atoms with Crippen LogP contribution in [-0.2, 0) is 0 Å². The van der Waals surface area contributed by atoms with Gasteiger partial charge in [-0.15, -0.1) is 5.10 Å². The summed E-state index contributed by atoms with van der Waals surface area (Å²) in [6.07, 6.45) is 0. The molecule has 0 aliphatic heterocycles. The number of aromatic nitrogens is 3. The minimum absolute atomic E-state index is 0.548. The minimum atomic E-state index is 0.548. The lowest BCUT2D eigenvalue weighted by Gasteiger charge is -2.03. The second-order valence-electron chi connectivity index (χ2n) is 4.54. The van der Waals surface area contributed by atoms with E-state index >= 15 is 0 Å². The number of nitrogens with one attached hydrogen (secondary N) is 1. The number of pyridine rings is 1. The molecule has 2 aromatic heterocycles. The van der Waals surface area contributed by atoms with Crippen molar-refractivity contribution in [2.24, 2.45) is 0 Å². The van der Waals surface area contributed by atoms with E-state index in [1.807, 2.05) is 50.2 Å². The number of nitrogens with zero attached hydrogens (tertiary/aromatic N) is 3. The van der Waals surface area contributed by atoms with Crippen LogP contribution in [0.2, 0.25) is 0 Å². The van der Waals surface area contributed by atoms with Gasteiger partial charge < -0.3 is 11.1 Å². The third-order valence-electron chi connectivity index (χ3n) is 3.17. The highest BCUT2D eigenvalue weighted by Gasteiger charge is 2.10. The maximum absolute atomic E-state index is 5.97. The Morgan fingerprint density at radius 1 is 1.16 bits per heavy atom. The highest BCUT2D eigenvalue weighted by Crippen LogP contribution is 2.20. The molecule has 0 aliphatic carbocycles. The van der Waals surface area contributed by atoms with E-state index in [9.17, 15) is 0 Å². The first kappa shape index (κ1) is 11.5. The number of hydrogen-bond donors (Lipinski definition) is 2. The molecule has 0 fully saturated rings. The van der Waals surface area contributed by atoms with Crippen molar-refractivity contribution >= 4 is 23.1 Å². The third-order valence-corrected chi connectivity index (χ3v) is 3.17. The van der Waals surface area contributed by atoms with Gasteiger partial charge in [0.2, 0.25) is 5.95 Å². The van der Waals surface area contributed by atoms with Crippen molar-refractivity contribution in [3.63, 3.8) is 0 Å². The standard InChI is InChI=1S/C14H15N5/c1-9-8-12(15)19-13(10(9)2)17-14(18-19)16-11-6-4-3-5-7-11/h3-8H,15H2,1-2H3,(H,16,18). The molecule has 0 atom stereocenters. The van der Waals surface area contributed by atoms with Gasteiger partial charge in [-0.25, -0.2) is 0 Å². The zero-order valence-electron chi connectivity index (χ0n) is 10.9. The SMILES string of the molecule is Cc1cc(N)n2nc(Nc3ccccc3)nc2c1C. The smallest absolute Gasteiger partial charge is 0.247 e. The Morgan fingerprint density at radius 2 is 1.89 bits per heavy atom. The van der Waals surface area contributed by atoms with Gasteiger partial charge in [0.15, 0.2) is 5.65 Å². The molecular weight excluding hydrogens is 238 g/mol. The van der Waals surface area contributed by atoms with Crippen LogP contribution in [-0.4, -0.2) is 14.6 Å². The van der Waals surface area contributed by atoms with Gasteiger partial charge in [0.05, 0.1) is 0 Å². The molecule has 3 aromatic rings. The summed E-state index contributed by atoms with van der Waals surface area (Å²) in [6.45, 7) is 4.04. The van der Waals surface area contributed by atoms with Gasteiger partial charge in [0.1, 0.15) is 5.82 Å². The van der Waals surface area contributed by atoms with Crippen LogP contribution in [0.4, 0.5) is 17.5 Å². The van der Waals surface area contributed by atoms with E-state index in [0.717, 1.165) is 22.5 Å². The predicted octanol–water partition coefficient (Wildman–Crippen LogP) is 2.67. The van der Waals surface area contributed by atoms with Crippen molar-refractivity contribution in [1.29, 1.82) is 0 Å². The van der Waals surface area contributed by atoms with Crippen LogP contribution in [0.5, 0.6) is 0 Å². The van der Waals surface area contributed by atoms with E-state index in [4.69, 9.17) is 5.73 Å². The van der Waals surface area contributed by atoms with Crippen LogP contribution >= 0.6 is 0 Å². The number of hydrogen-bond acceptors (Lipinski definition) is 4. The zero-order valence-corrected chi connectivity index (χ0v) is 10.9. The summed E-state index contributed by atoms with van der Waals surface area (Å²) in [6, 6.07) is 11.7. The molecule has 0 spiro atoms. The fraction of sp³-hybridized carbons (Fsp3) is 0.143. The van der Waals surface area contributed by atoms with Crippen LogP contribution in [0.15, 0.2) is 36.4 Å². The Kier molecular flexibility index (Phi) is 2.59. The highest BCUT2D eigenvalue weighted by atomic mass is 15.4. The van der Waals surface area contributed by atoms with Gasteiger partial charge in [-0.05, 0) is 43.2 Å². The number of benzene rings is 1. The number of rotatable bonds is 2. The summed E-state index contributed by atoms with van der Waals surface area (Å²) in [4.78, 5) is 4.49. The summed E-state index contributed by atoms with van der Waals surface area (Å²) in [5.41, 5.74) is 9.90. The molecule has 0 amide bonds. The Morgan fingerprint density at radius 3 is 2.63 bits per heavy atom. The second kappa shape index (κ2) is 4.28. The van der Waals surface area contributed by atoms with E-state index in [-0.39, 0.29) is 0 Å². The fourth-order valence-corrected chi connectivity index (χ4v) is 2.01. The molecule has 0 bridgehead atoms. The second-order valence-corrected chi connectivity index (χ2v) is 4.54. The van der Waals surface area contributed by atoms with E-state index in [2.05, 4.69) is 15.4 Å². The van der Waals surface area contributed by atoms with Gasteiger partial charge in [-0.2, -0.15) is 9.50 Å². The summed E-state index contributed by atoms with van der Waals surface area (Å²) < 4.78 is 1.66. The number of aryl methyl sites for hydroxylation is 2. The summed E-state index contributed by atoms with van der Waals surface area (Å²) in [5, 5.41) is 7.55. The number of fused-ring (bicyclic) bond motifs is 1. The first-order valence-electron chi connectivity index (χ1n) is 6.09. The quantitative estimate of drug-likeness (QED) is 0.736. The van der Waals surface area contributed by atoms with E-state index < -0.39 is 0 Å². The van der Waals surface area contributed by atoms with Crippen LogP contribution in [0.3, 0.4) is 0 Å². The number of nitrogens with two attached hydrogens (primary N) is 1.